The largest absolute Gasteiger partial charge is 0.493 e. The van der Waals surface area contributed by atoms with Crippen LogP contribution in [0.15, 0.2) is 18.2 Å². The van der Waals surface area contributed by atoms with E-state index in [-0.39, 0.29) is 11.8 Å². The van der Waals surface area contributed by atoms with E-state index in [4.69, 9.17) is 14.2 Å². The van der Waals surface area contributed by atoms with Crippen LogP contribution in [0.25, 0.3) is 0 Å². The minimum atomic E-state index is 0.130. The van der Waals surface area contributed by atoms with Crippen LogP contribution < -0.4 is 14.8 Å². The molecule has 1 aromatic rings. The quantitative estimate of drug-likeness (QED) is 0.728. The van der Waals surface area contributed by atoms with Gasteiger partial charge in [0.25, 0.3) is 0 Å². The second-order valence-corrected chi connectivity index (χ2v) is 7.07. The fraction of sp³-hybridized carbons (Fsp3) is 0.650. The third-order valence-corrected chi connectivity index (χ3v) is 5.29. The van der Waals surface area contributed by atoms with Gasteiger partial charge in [0.1, 0.15) is 0 Å². The molecule has 1 unspecified atom stereocenters. The van der Waals surface area contributed by atoms with Crippen LogP contribution in [0.4, 0.5) is 0 Å². The Morgan fingerprint density at radius 1 is 1.23 bits per heavy atom. The van der Waals surface area contributed by atoms with Crippen molar-refractivity contribution in [2.24, 2.45) is 5.92 Å². The Kier molecular flexibility index (Phi) is 6.74. The van der Waals surface area contributed by atoms with E-state index in [0.717, 1.165) is 49.9 Å². The molecule has 1 saturated heterocycles. The summed E-state index contributed by atoms with van der Waals surface area (Å²) in [4.78, 5) is 14.8. The van der Waals surface area contributed by atoms with Crippen molar-refractivity contribution in [1.29, 1.82) is 0 Å². The first-order chi connectivity index (χ1) is 12.7. The summed E-state index contributed by atoms with van der Waals surface area (Å²) in [6.45, 7) is 5.06. The Labute approximate surface area is 155 Å². The third kappa shape index (κ3) is 5.11. The lowest BCUT2D eigenvalue weighted by Gasteiger charge is -2.26. The molecule has 2 fully saturated rings. The van der Waals surface area contributed by atoms with Gasteiger partial charge in [0.05, 0.1) is 27.4 Å². The van der Waals surface area contributed by atoms with Gasteiger partial charge in [-0.3, -0.25) is 9.69 Å². The number of rotatable bonds is 9. The minimum absolute atomic E-state index is 0.130. The van der Waals surface area contributed by atoms with Crippen molar-refractivity contribution in [3.8, 4) is 11.5 Å². The van der Waals surface area contributed by atoms with Gasteiger partial charge in [-0.15, -0.1) is 0 Å². The van der Waals surface area contributed by atoms with Crippen LogP contribution in [0.3, 0.4) is 0 Å². The highest BCUT2D eigenvalue weighted by atomic mass is 16.5. The van der Waals surface area contributed by atoms with Crippen LogP contribution in [0.5, 0.6) is 11.5 Å². The first-order valence-corrected chi connectivity index (χ1v) is 9.50. The lowest BCUT2D eigenvalue weighted by atomic mass is 9.90. The maximum atomic E-state index is 12.5. The zero-order valence-corrected chi connectivity index (χ0v) is 15.8. The summed E-state index contributed by atoms with van der Waals surface area (Å²) in [5.41, 5.74) is 1.16. The van der Waals surface area contributed by atoms with Crippen molar-refractivity contribution in [1.82, 2.24) is 10.2 Å². The van der Waals surface area contributed by atoms with Gasteiger partial charge < -0.3 is 19.5 Å². The number of nitrogens with one attached hydrogen (secondary N) is 1. The Hall–Kier alpha value is -1.79. The molecule has 1 saturated carbocycles. The number of amides is 1. The van der Waals surface area contributed by atoms with E-state index in [0.29, 0.717) is 18.9 Å². The van der Waals surface area contributed by atoms with E-state index in [1.54, 1.807) is 14.2 Å². The molecule has 26 heavy (non-hydrogen) atoms. The predicted molar refractivity (Wildman–Crippen MR) is 99.9 cm³/mol. The van der Waals surface area contributed by atoms with Crippen LogP contribution in [0.1, 0.15) is 30.7 Å². The van der Waals surface area contributed by atoms with E-state index in [1.165, 1.54) is 12.8 Å². The van der Waals surface area contributed by atoms with Gasteiger partial charge in [0, 0.05) is 32.6 Å². The molecule has 1 aromatic carbocycles. The number of methoxy groups -OCH3 is 2. The molecular weight excluding hydrogens is 332 g/mol. The zero-order chi connectivity index (χ0) is 18.4. The SMILES string of the molecule is COc1ccc(C(CC(=O)NCCN2CCOCC2)C2CC2)cc1OC. The van der Waals surface area contributed by atoms with Crippen LogP contribution in [0, 0.1) is 5.92 Å². The van der Waals surface area contributed by atoms with Gasteiger partial charge in [0.2, 0.25) is 5.91 Å². The molecule has 1 heterocycles. The van der Waals surface area contributed by atoms with E-state index < -0.39 is 0 Å². The highest BCUT2D eigenvalue weighted by molar-refractivity contribution is 5.77. The highest BCUT2D eigenvalue weighted by Crippen LogP contribution is 2.46. The predicted octanol–water partition coefficient (Wildman–Crippen LogP) is 2.04. The molecule has 3 rings (SSSR count). The summed E-state index contributed by atoms with van der Waals surface area (Å²) in [5.74, 6) is 2.42. The molecule has 1 aliphatic carbocycles. The van der Waals surface area contributed by atoms with Crippen molar-refractivity contribution in [3.63, 3.8) is 0 Å². The summed E-state index contributed by atoms with van der Waals surface area (Å²) >= 11 is 0. The van der Waals surface area contributed by atoms with Gasteiger partial charge in [-0.1, -0.05) is 6.07 Å². The molecule has 144 valence electrons. The number of morpholine rings is 1. The topological polar surface area (TPSA) is 60.0 Å². The number of carbonyl (C=O) groups is 1. The van der Waals surface area contributed by atoms with Crippen molar-refractivity contribution in [2.75, 3.05) is 53.6 Å². The molecule has 6 nitrogen and oxygen atoms in total. The second kappa shape index (κ2) is 9.24. The number of hydrogen-bond donors (Lipinski definition) is 1. The van der Waals surface area contributed by atoms with Gasteiger partial charge in [0.15, 0.2) is 11.5 Å². The fourth-order valence-corrected chi connectivity index (χ4v) is 3.59. The number of carbonyl (C=O) groups excluding carboxylic acids is 1. The van der Waals surface area contributed by atoms with Crippen molar-refractivity contribution in [3.05, 3.63) is 23.8 Å². The molecule has 0 spiro atoms. The van der Waals surface area contributed by atoms with Gasteiger partial charge >= 0.3 is 0 Å². The number of ether oxygens (including phenoxy) is 3. The van der Waals surface area contributed by atoms with E-state index in [2.05, 4.69) is 16.3 Å². The monoisotopic (exact) mass is 362 g/mol. The van der Waals surface area contributed by atoms with Gasteiger partial charge in [-0.05, 0) is 42.4 Å². The molecular formula is C20H30N2O4. The van der Waals surface area contributed by atoms with E-state index in [9.17, 15) is 4.79 Å². The smallest absolute Gasteiger partial charge is 0.220 e. The first-order valence-electron chi connectivity index (χ1n) is 9.50. The molecule has 2 aliphatic rings. The molecule has 6 heteroatoms. The molecule has 1 aliphatic heterocycles. The van der Waals surface area contributed by atoms with Crippen LogP contribution in [0.2, 0.25) is 0 Å². The third-order valence-electron chi connectivity index (χ3n) is 5.29. The average Bonchev–Trinajstić information content (AvgIpc) is 3.51. The van der Waals surface area contributed by atoms with E-state index >= 15 is 0 Å². The van der Waals surface area contributed by atoms with Crippen molar-refractivity contribution in [2.45, 2.75) is 25.2 Å². The number of nitrogens with zero attached hydrogens (tertiary/aromatic N) is 1. The number of benzene rings is 1. The first kappa shape index (κ1) is 19.0. The standard InChI is InChI=1S/C20H30N2O4/c1-24-18-6-5-16(13-19(18)25-2)17(15-3-4-15)14-20(23)21-7-8-22-9-11-26-12-10-22/h5-6,13,15,17H,3-4,7-12,14H2,1-2H3,(H,21,23). The van der Waals surface area contributed by atoms with Crippen molar-refractivity contribution < 1.29 is 19.0 Å². The summed E-state index contributed by atoms with van der Waals surface area (Å²) < 4.78 is 16.1. The zero-order valence-electron chi connectivity index (χ0n) is 15.8. The summed E-state index contributed by atoms with van der Waals surface area (Å²) in [6.07, 6.45) is 2.92. The Bertz CT molecular complexity index is 597. The fourth-order valence-electron chi connectivity index (χ4n) is 3.59. The van der Waals surface area contributed by atoms with Gasteiger partial charge in [-0.2, -0.15) is 0 Å². The second-order valence-electron chi connectivity index (χ2n) is 7.07. The molecule has 0 aromatic heterocycles. The molecule has 0 radical (unpaired) electrons. The number of hydrogen-bond acceptors (Lipinski definition) is 5. The lowest BCUT2D eigenvalue weighted by molar-refractivity contribution is -0.121. The normalized spacial score (nSPS) is 19.0. The Morgan fingerprint density at radius 2 is 1.96 bits per heavy atom. The molecule has 1 amide bonds. The van der Waals surface area contributed by atoms with Crippen LogP contribution in [-0.2, 0) is 9.53 Å². The summed E-state index contributed by atoms with van der Waals surface area (Å²) in [7, 11) is 3.28. The minimum Gasteiger partial charge on any atom is -0.493 e. The highest BCUT2D eigenvalue weighted by Gasteiger charge is 2.34. The maximum Gasteiger partial charge on any atom is 0.220 e. The molecule has 1 atom stereocenters. The summed E-state index contributed by atoms with van der Waals surface area (Å²) in [6, 6.07) is 6.01. The average molecular weight is 362 g/mol. The van der Waals surface area contributed by atoms with E-state index in [1.807, 2.05) is 12.1 Å². The molecule has 1 N–H and O–H groups in total. The van der Waals surface area contributed by atoms with Crippen molar-refractivity contribution >= 4 is 5.91 Å². The van der Waals surface area contributed by atoms with Gasteiger partial charge in [-0.25, -0.2) is 0 Å². The maximum absolute atomic E-state index is 12.5. The lowest BCUT2D eigenvalue weighted by Crippen LogP contribution is -2.41. The van der Waals surface area contributed by atoms with Crippen LogP contribution in [-0.4, -0.2) is 64.4 Å². The van der Waals surface area contributed by atoms with Crippen LogP contribution >= 0.6 is 0 Å². The Morgan fingerprint density at radius 3 is 2.62 bits per heavy atom. The molecule has 0 bridgehead atoms. The Balaban J connectivity index is 1.54. The summed E-state index contributed by atoms with van der Waals surface area (Å²) in [5, 5.41) is 3.09.